The summed E-state index contributed by atoms with van der Waals surface area (Å²) in [6.07, 6.45) is 4.43. The zero-order valence-corrected chi connectivity index (χ0v) is 9.22. The molecular formula is C7H10ClN3O2S. The number of hydrogen-bond donors (Lipinski definition) is 0. The van der Waals surface area contributed by atoms with E-state index in [-0.39, 0.29) is 10.8 Å². The second-order valence-electron chi connectivity index (χ2n) is 2.67. The van der Waals surface area contributed by atoms with E-state index in [1.165, 1.54) is 10.9 Å². The zero-order chi connectivity index (χ0) is 10.6. The minimum absolute atomic E-state index is 0.0964. The minimum atomic E-state index is -0.576. The minimum Gasteiger partial charge on any atom is -0.358 e. The second-order valence-corrected chi connectivity index (χ2v) is 4.06. The first-order valence-electron chi connectivity index (χ1n) is 4.01. The number of hydrogen-bond acceptors (Lipinski definition) is 4. The van der Waals surface area contributed by atoms with Crippen molar-refractivity contribution in [1.82, 2.24) is 9.78 Å². The summed E-state index contributed by atoms with van der Waals surface area (Å²) in [4.78, 5) is 9.83. The normalized spacial score (nSPS) is 10.4. The number of halogens is 1. The number of aromatic nitrogens is 2. The Morgan fingerprint density at radius 2 is 2.50 bits per heavy atom. The molecule has 0 aromatic carbocycles. The van der Waals surface area contributed by atoms with Gasteiger partial charge in [-0.15, -0.1) is 0 Å². The molecule has 0 spiro atoms. The average Bonchev–Trinajstić information content (AvgIpc) is 2.47. The van der Waals surface area contributed by atoms with Gasteiger partial charge in [-0.3, -0.25) is 0 Å². The van der Waals surface area contributed by atoms with Crippen molar-refractivity contribution in [2.45, 2.75) is 13.0 Å². The molecule has 1 heterocycles. The third-order valence-electron chi connectivity index (χ3n) is 1.61. The van der Waals surface area contributed by atoms with Crippen molar-refractivity contribution in [2.75, 3.05) is 12.0 Å². The van der Waals surface area contributed by atoms with Crippen LogP contribution in [0.1, 0.15) is 6.42 Å². The molecule has 0 saturated carbocycles. The molecule has 0 N–H and O–H groups in total. The topological polar surface area (TPSA) is 61.0 Å². The predicted octanol–water partition coefficient (Wildman–Crippen LogP) is 2.20. The molecule has 0 aliphatic carbocycles. The van der Waals surface area contributed by atoms with Crippen LogP contribution < -0.4 is 0 Å². The van der Waals surface area contributed by atoms with Crippen LogP contribution in [0.5, 0.6) is 0 Å². The molecule has 1 rings (SSSR count). The molecule has 0 fully saturated rings. The summed E-state index contributed by atoms with van der Waals surface area (Å²) >= 11 is 7.35. The molecule has 1 aromatic rings. The van der Waals surface area contributed by atoms with Crippen LogP contribution in [0.4, 0.5) is 5.82 Å². The van der Waals surface area contributed by atoms with Gasteiger partial charge < -0.3 is 10.1 Å². The highest BCUT2D eigenvalue weighted by atomic mass is 35.5. The lowest BCUT2D eigenvalue weighted by molar-refractivity contribution is -0.389. The van der Waals surface area contributed by atoms with Crippen molar-refractivity contribution in [3.05, 3.63) is 21.3 Å². The molecule has 0 radical (unpaired) electrons. The van der Waals surface area contributed by atoms with Crippen LogP contribution in [0, 0.1) is 10.1 Å². The van der Waals surface area contributed by atoms with Crippen molar-refractivity contribution in [1.29, 1.82) is 0 Å². The third kappa shape index (κ3) is 2.88. The molecule has 7 heteroatoms. The van der Waals surface area contributed by atoms with Gasteiger partial charge in [0.1, 0.15) is 0 Å². The largest absolute Gasteiger partial charge is 0.408 e. The van der Waals surface area contributed by atoms with E-state index >= 15 is 0 Å². The van der Waals surface area contributed by atoms with Gasteiger partial charge in [-0.1, -0.05) is 11.6 Å². The monoisotopic (exact) mass is 235 g/mol. The van der Waals surface area contributed by atoms with E-state index in [1.54, 1.807) is 11.8 Å². The molecule has 0 saturated heterocycles. The predicted molar refractivity (Wildman–Crippen MR) is 56.9 cm³/mol. The summed E-state index contributed by atoms with van der Waals surface area (Å²) in [6, 6.07) is 0. The highest BCUT2D eigenvalue weighted by Gasteiger charge is 2.18. The maximum atomic E-state index is 10.4. The molecule has 0 atom stereocenters. The number of nitro groups is 1. The Hall–Kier alpha value is -0.750. The lowest BCUT2D eigenvalue weighted by Crippen LogP contribution is -2.00. The van der Waals surface area contributed by atoms with Gasteiger partial charge in [-0.2, -0.15) is 16.4 Å². The summed E-state index contributed by atoms with van der Waals surface area (Å²) in [6.45, 7) is 0.661. The van der Waals surface area contributed by atoms with Crippen LogP contribution in [0.2, 0.25) is 5.02 Å². The van der Waals surface area contributed by atoms with Crippen molar-refractivity contribution >= 4 is 29.2 Å². The molecule has 0 aliphatic heterocycles. The first-order valence-corrected chi connectivity index (χ1v) is 5.78. The Labute approximate surface area is 90.6 Å². The van der Waals surface area contributed by atoms with Gasteiger partial charge >= 0.3 is 5.82 Å². The van der Waals surface area contributed by atoms with Gasteiger partial charge in [0.25, 0.3) is 0 Å². The summed E-state index contributed by atoms with van der Waals surface area (Å²) in [5.41, 5.74) is 0. The van der Waals surface area contributed by atoms with Crippen molar-refractivity contribution in [2.24, 2.45) is 0 Å². The number of aryl methyl sites for hydroxylation is 1. The van der Waals surface area contributed by atoms with Crippen LogP contribution in [0.15, 0.2) is 6.20 Å². The van der Waals surface area contributed by atoms with Gasteiger partial charge in [-0.05, 0) is 23.4 Å². The lowest BCUT2D eigenvalue weighted by Gasteiger charge is -1.94. The van der Waals surface area contributed by atoms with Gasteiger partial charge in [-0.25, -0.2) is 0 Å². The summed E-state index contributed by atoms with van der Waals surface area (Å²) in [7, 11) is 0. The Bertz CT molecular complexity index is 329. The first-order chi connectivity index (χ1) is 6.65. The molecule has 0 unspecified atom stereocenters. The van der Waals surface area contributed by atoms with Gasteiger partial charge in [0.2, 0.25) is 0 Å². The molecule has 0 amide bonds. The first kappa shape index (κ1) is 11.3. The summed E-state index contributed by atoms with van der Waals surface area (Å²) in [5, 5.41) is 14.3. The summed E-state index contributed by atoms with van der Waals surface area (Å²) < 4.78 is 1.51. The molecule has 14 heavy (non-hydrogen) atoms. The fourth-order valence-electron chi connectivity index (χ4n) is 0.996. The molecular weight excluding hydrogens is 226 g/mol. The number of nitrogens with zero attached hydrogens (tertiary/aromatic N) is 3. The quantitative estimate of drug-likeness (QED) is 0.446. The Morgan fingerprint density at radius 1 is 1.79 bits per heavy atom. The van der Waals surface area contributed by atoms with Crippen LogP contribution in [-0.2, 0) is 6.54 Å². The van der Waals surface area contributed by atoms with Crippen molar-refractivity contribution in [3.8, 4) is 0 Å². The molecule has 78 valence electrons. The SMILES string of the molecule is CSCCCn1cc(Cl)c([N+](=O)[O-])n1. The zero-order valence-electron chi connectivity index (χ0n) is 7.64. The second kappa shape index (κ2) is 5.21. The molecule has 1 aromatic heterocycles. The van der Waals surface area contributed by atoms with Crippen LogP contribution in [-0.4, -0.2) is 26.7 Å². The van der Waals surface area contributed by atoms with E-state index in [2.05, 4.69) is 5.10 Å². The van der Waals surface area contributed by atoms with Crippen molar-refractivity contribution in [3.63, 3.8) is 0 Å². The van der Waals surface area contributed by atoms with Gasteiger partial charge in [0.15, 0.2) is 5.02 Å². The van der Waals surface area contributed by atoms with Crippen molar-refractivity contribution < 1.29 is 4.92 Å². The maximum Gasteiger partial charge on any atom is 0.408 e. The lowest BCUT2D eigenvalue weighted by atomic mass is 10.5. The van der Waals surface area contributed by atoms with E-state index < -0.39 is 4.92 Å². The fraction of sp³-hybridized carbons (Fsp3) is 0.571. The van der Waals surface area contributed by atoms with E-state index in [1.807, 2.05) is 6.26 Å². The smallest absolute Gasteiger partial charge is 0.358 e. The Morgan fingerprint density at radius 3 is 3.00 bits per heavy atom. The Kier molecular flexibility index (Phi) is 4.21. The van der Waals surface area contributed by atoms with Crippen LogP contribution in [0.3, 0.4) is 0 Å². The highest BCUT2D eigenvalue weighted by molar-refractivity contribution is 7.98. The number of thioether (sulfide) groups is 1. The van der Waals surface area contributed by atoms with E-state index in [4.69, 9.17) is 11.6 Å². The van der Waals surface area contributed by atoms with E-state index in [0.717, 1.165) is 12.2 Å². The molecule has 0 aliphatic rings. The fourth-order valence-corrected chi connectivity index (χ4v) is 1.63. The molecule has 0 bridgehead atoms. The van der Waals surface area contributed by atoms with Gasteiger partial charge in [0.05, 0.1) is 17.8 Å². The third-order valence-corrected chi connectivity index (χ3v) is 2.57. The Balaban J connectivity index is 2.62. The summed E-state index contributed by atoms with van der Waals surface area (Å²) in [5.74, 6) is 0.737. The maximum absolute atomic E-state index is 10.4. The molecule has 5 nitrogen and oxygen atoms in total. The standard InChI is InChI=1S/C7H10ClN3O2S/c1-14-4-2-3-10-5-6(8)7(9-10)11(12)13/h5H,2-4H2,1H3. The average molecular weight is 236 g/mol. The van der Waals surface area contributed by atoms with E-state index in [9.17, 15) is 10.1 Å². The van der Waals surface area contributed by atoms with Gasteiger partial charge in [0, 0.05) is 0 Å². The number of rotatable bonds is 5. The highest BCUT2D eigenvalue weighted by Crippen LogP contribution is 2.21. The van der Waals surface area contributed by atoms with E-state index in [0.29, 0.717) is 6.54 Å². The van der Waals surface area contributed by atoms with Crippen LogP contribution >= 0.6 is 23.4 Å². The van der Waals surface area contributed by atoms with Crippen LogP contribution in [0.25, 0.3) is 0 Å².